The Kier molecular flexibility index (Phi) is 4.60. The highest BCUT2D eigenvalue weighted by molar-refractivity contribution is 9.10. The van der Waals surface area contributed by atoms with Gasteiger partial charge in [0, 0.05) is 16.6 Å². The zero-order chi connectivity index (χ0) is 15.4. The number of amides is 1. The summed E-state index contributed by atoms with van der Waals surface area (Å²) in [5.74, 6) is -0.156. The largest absolute Gasteiger partial charge is 0.347 e. The molecule has 0 bridgehead atoms. The zero-order valence-electron chi connectivity index (χ0n) is 11.5. The molecular weight excluding hydrogens is 362 g/mol. The van der Waals surface area contributed by atoms with Crippen LogP contribution in [0, 0.1) is 0 Å². The number of benzene rings is 2. The van der Waals surface area contributed by atoms with E-state index in [2.05, 4.69) is 30.8 Å². The molecule has 1 heterocycles. The Morgan fingerprint density at radius 2 is 1.82 bits per heavy atom. The number of aromatic nitrogens is 2. The molecule has 0 aliphatic heterocycles. The molecule has 1 N–H and O–H groups in total. The van der Waals surface area contributed by atoms with Crippen molar-refractivity contribution in [3.8, 4) is 11.3 Å². The molecule has 0 saturated heterocycles. The van der Waals surface area contributed by atoms with E-state index in [9.17, 15) is 4.79 Å². The first kappa shape index (κ1) is 14.9. The molecule has 0 fully saturated rings. The van der Waals surface area contributed by atoms with Gasteiger partial charge in [-0.05, 0) is 29.2 Å². The van der Waals surface area contributed by atoms with Crippen LogP contribution in [0.15, 0.2) is 59.1 Å². The van der Waals surface area contributed by atoms with Gasteiger partial charge in [0.2, 0.25) is 0 Å². The third kappa shape index (κ3) is 3.40. The van der Waals surface area contributed by atoms with Crippen molar-refractivity contribution < 1.29 is 4.79 Å². The third-order valence-corrected chi connectivity index (χ3v) is 4.36. The Bertz CT molecular complexity index is 772. The van der Waals surface area contributed by atoms with Crippen molar-refractivity contribution in [3.63, 3.8) is 0 Å². The van der Waals surface area contributed by atoms with Gasteiger partial charge in [0.1, 0.15) is 10.6 Å². The quantitative estimate of drug-likeness (QED) is 0.754. The molecule has 0 atom stereocenters. The van der Waals surface area contributed by atoms with Crippen molar-refractivity contribution in [2.45, 2.75) is 6.54 Å². The molecule has 3 aromatic rings. The van der Waals surface area contributed by atoms with Crippen molar-refractivity contribution in [2.75, 3.05) is 0 Å². The van der Waals surface area contributed by atoms with Crippen molar-refractivity contribution in [3.05, 3.63) is 69.5 Å². The van der Waals surface area contributed by atoms with Crippen LogP contribution in [0.5, 0.6) is 0 Å². The highest BCUT2D eigenvalue weighted by Gasteiger charge is 2.17. The molecule has 0 radical (unpaired) electrons. The predicted octanol–water partition coefficient (Wildman–Crippen LogP) is 3.90. The van der Waals surface area contributed by atoms with E-state index >= 15 is 0 Å². The summed E-state index contributed by atoms with van der Waals surface area (Å²) in [5.41, 5.74) is 2.54. The van der Waals surface area contributed by atoms with E-state index in [-0.39, 0.29) is 5.91 Å². The molecule has 0 saturated carbocycles. The van der Waals surface area contributed by atoms with Crippen molar-refractivity contribution >= 4 is 33.4 Å². The maximum atomic E-state index is 12.4. The van der Waals surface area contributed by atoms with E-state index in [1.54, 1.807) is 0 Å². The summed E-state index contributed by atoms with van der Waals surface area (Å²) in [7, 11) is 0. The maximum absolute atomic E-state index is 12.4. The summed E-state index contributed by atoms with van der Waals surface area (Å²) in [5, 5.41) is 6.99. The van der Waals surface area contributed by atoms with E-state index in [0.717, 1.165) is 27.1 Å². The molecule has 2 aromatic carbocycles. The number of carbonyl (C=O) groups is 1. The number of nitrogens with one attached hydrogen (secondary N) is 1. The number of hydrogen-bond donors (Lipinski definition) is 1. The molecule has 110 valence electrons. The summed E-state index contributed by atoms with van der Waals surface area (Å²) in [4.78, 5) is 12.9. The highest BCUT2D eigenvalue weighted by atomic mass is 79.9. The smallest absolute Gasteiger partial charge is 0.265 e. The molecule has 0 aliphatic carbocycles. The van der Waals surface area contributed by atoms with Crippen molar-refractivity contribution in [1.82, 2.24) is 14.9 Å². The number of rotatable bonds is 4. The molecule has 0 spiro atoms. The van der Waals surface area contributed by atoms with Gasteiger partial charge >= 0.3 is 0 Å². The molecule has 6 heteroatoms. The topological polar surface area (TPSA) is 54.9 Å². The monoisotopic (exact) mass is 373 g/mol. The van der Waals surface area contributed by atoms with Crippen LogP contribution in [0.25, 0.3) is 11.3 Å². The molecule has 0 unspecified atom stereocenters. The SMILES string of the molecule is O=C(NCc1ccccc1)c1snnc1-c1ccc(Br)cc1. The first-order valence-corrected chi connectivity index (χ1v) is 8.21. The number of hydrogen-bond acceptors (Lipinski definition) is 4. The summed E-state index contributed by atoms with van der Waals surface area (Å²) >= 11 is 4.50. The zero-order valence-corrected chi connectivity index (χ0v) is 13.9. The Morgan fingerprint density at radius 3 is 2.55 bits per heavy atom. The summed E-state index contributed by atoms with van der Waals surface area (Å²) in [6.07, 6.45) is 0. The van der Waals surface area contributed by atoms with Gasteiger partial charge in [-0.2, -0.15) is 0 Å². The fourth-order valence-corrected chi connectivity index (χ4v) is 2.86. The average molecular weight is 374 g/mol. The van der Waals surface area contributed by atoms with Crippen LogP contribution in [0.4, 0.5) is 0 Å². The highest BCUT2D eigenvalue weighted by Crippen LogP contribution is 2.25. The molecule has 0 aliphatic rings. The predicted molar refractivity (Wildman–Crippen MR) is 90.7 cm³/mol. The van der Waals surface area contributed by atoms with Crippen LogP contribution in [0.1, 0.15) is 15.2 Å². The van der Waals surface area contributed by atoms with E-state index < -0.39 is 0 Å². The van der Waals surface area contributed by atoms with Crippen LogP contribution in [0.2, 0.25) is 0 Å². The van der Waals surface area contributed by atoms with Crippen LogP contribution >= 0.6 is 27.5 Å². The van der Waals surface area contributed by atoms with Gasteiger partial charge < -0.3 is 5.32 Å². The van der Waals surface area contributed by atoms with Crippen LogP contribution in [-0.4, -0.2) is 15.5 Å². The van der Waals surface area contributed by atoms with Gasteiger partial charge in [-0.1, -0.05) is 62.9 Å². The number of carbonyl (C=O) groups excluding carboxylic acids is 1. The second-order valence-electron chi connectivity index (χ2n) is 4.63. The van der Waals surface area contributed by atoms with Crippen LogP contribution < -0.4 is 5.32 Å². The lowest BCUT2D eigenvalue weighted by Crippen LogP contribution is -2.22. The van der Waals surface area contributed by atoms with Gasteiger partial charge in [-0.25, -0.2) is 0 Å². The standard InChI is InChI=1S/C16H12BrN3OS/c17-13-8-6-12(7-9-13)14-15(22-20-19-14)16(21)18-10-11-4-2-1-3-5-11/h1-9H,10H2,(H,18,21). The molecule has 3 rings (SSSR count). The Labute approximate surface area is 140 Å². The lowest BCUT2D eigenvalue weighted by Gasteiger charge is -2.05. The van der Waals surface area contributed by atoms with Crippen molar-refractivity contribution in [1.29, 1.82) is 0 Å². The van der Waals surface area contributed by atoms with Crippen LogP contribution in [-0.2, 0) is 6.54 Å². The Balaban J connectivity index is 1.76. The fraction of sp³-hybridized carbons (Fsp3) is 0.0625. The van der Waals surface area contributed by atoms with Gasteiger partial charge in [0.05, 0.1) is 0 Å². The molecule has 1 aromatic heterocycles. The van der Waals surface area contributed by atoms with Gasteiger partial charge in [0.15, 0.2) is 0 Å². The second kappa shape index (κ2) is 6.81. The Morgan fingerprint density at radius 1 is 1.09 bits per heavy atom. The minimum absolute atomic E-state index is 0.156. The summed E-state index contributed by atoms with van der Waals surface area (Å²) in [6.45, 7) is 0.483. The van der Waals surface area contributed by atoms with Gasteiger partial charge in [0.25, 0.3) is 5.91 Å². The lowest BCUT2D eigenvalue weighted by atomic mass is 10.1. The number of halogens is 1. The normalized spacial score (nSPS) is 10.4. The molecular formula is C16H12BrN3OS. The fourth-order valence-electron chi connectivity index (χ4n) is 1.99. The second-order valence-corrected chi connectivity index (χ2v) is 6.30. The molecule has 4 nitrogen and oxygen atoms in total. The summed E-state index contributed by atoms with van der Waals surface area (Å²) < 4.78 is 4.90. The average Bonchev–Trinajstić information content (AvgIpc) is 3.04. The first-order chi connectivity index (χ1) is 10.7. The van der Waals surface area contributed by atoms with Crippen LogP contribution in [0.3, 0.4) is 0 Å². The minimum atomic E-state index is -0.156. The van der Waals surface area contributed by atoms with Gasteiger partial charge in [-0.15, -0.1) is 5.10 Å². The van der Waals surface area contributed by atoms with Crippen molar-refractivity contribution in [2.24, 2.45) is 0 Å². The van der Waals surface area contributed by atoms with E-state index in [4.69, 9.17) is 0 Å². The van der Waals surface area contributed by atoms with Gasteiger partial charge in [-0.3, -0.25) is 4.79 Å². The molecule has 22 heavy (non-hydrogen) atoms. The number of nitrogens with zero attached hydrogens (tertiary/aromatic N) is 2. The third-order valence-electron chi connectivity index (χ3n) is 3.11. The summed E-state index contributed by atoms with van der Waals surface area (Å²) in [6, 6.07) is 17.4. The first-order valence-electron chi connectivity index (χ1n) is 6.64. The van der Waals surface area contributed by atoms with E-state index in [1.165, 1.54) is 0 Å². The Hall–Kier alpha value is -2.05. The maximum Gasteiger partial charge on any atom is 0.265 e. The van der Waals surface area contributed by atoms with E-state index in [1.807, 2.05) is 54.6 Å². The minimum Gasteiger partial charge on any atom is -0.347 e. The molecule has 1 amide bonds. The van der Waals surface area contributed by atoms with E-state index in [0.29, 0.717) is 17.1 Å². The lowest BCUT2D eigenvalue weighted by molar-refractivity contribution is 0.0955.